The van der Waals surface area contributed by atoms with E-state index in [9.17, 15) is 0 Å². The summed E-state index contributed by atoms with van der Waals surface area (Å²) in [4.78, 5) is 6.85. The minimum atomic E-state index is 0.240. The Kier molecular flexibility index (Phi) is 4.58. The summed E-state index contributed by atoms with van der Waals surface area (Å²) >= 11 is 0. The van der Waals surface area contributed by atoms with Crippen molar-refractivity contribution in [2.45, 2.75) is 38.6 Å². The van der Waals surface area contributed by atoms with Crippen LogP contribution in [-0.4, -0.2) is 35.6 Å². The van der Waals surface area contributed by atoms with E-state index in [1.54, 1.807) is 0 Å². The van der Waals surface area contributed by atoms with Crippen LogP contribution < -0.4 is 5.73 Å². The highest BCUT2D eigenvalue weighted by Gasteiger charge is 2.46. The van der Waals surface area contributed by atoms with E-state index >= 15 is 0 Å². The van der Waals surface area contributed by atoms with Crippen LogP contribution in [0.4, 0.5) is 0 Å². The monoisotopic (exact) mass is 261 g/mol. The van der Waals surface area contributed by atoms with Crippen molar-refractivity contribution >= 4 is 0 Å². The predicted molar refractivity (Wildman–Crippen MR) is 79.9 cm³/mol. The Balaban J connectivity index is 1.87. The molecule has 1 aromatic rings. The second kappa shape index (κ2) is 6.02. The van der Waals surface area contributed by atoms with Gasteiger partial charge in [0, 0.05) is 36.9 Å². The number of pyridine rings is 1. The summed E-state index contributed by atoms with van der Waals surface area (Å²) in [5.74, 6) is 1.63. The zero-order chi connectivity index (χ0) is 13.9. The number of rotatable bonds is 6. The van der Waals surface area contributed by atoms with E-state index in [-0.39, 0.29) is 5.54 Å². The van der Waals surface area contributed by atoms with Gasteiger partial charge >= 0.3 is 0 Å². The van der Waals surface area contributed by atoms with Gasteiger partial charge < -0.3 is 5.73 Å². The van der Waals surface area contributed by atoms with Gasteiger partial charge in [0.1, 0.15) is 0 Å². The van der Waals surface area contributed by atoms with Crippen LogP contribution in [0.15, 0.2) is 24.4 Å². The second-order valence-electron chi connectivity index (χ2n) is 6.33. The molecule has 1 fully saturated rings. The standard InChI is InChI=1S/C16H27N3/c1-13(2)14-10-16(11-14,12-17)19(3)9-7-15-6-4-5-8-18-15/h4-6,8,13-14H,7,9-12,17H2,1-3H3. The average Bonchev–Trinajstić information content (AvgIpc) is 2.36. The fraction of sp³-hybridized carbons (Fsp3) is 0.688. The van der Waals surface area contributed by atoms with Crippen LogP contribution in [0.2, 0.25) is 0 Å². The maximum atomic E-state index is 6.04. The van der Waals surface area contributed by atoms with Crippen molar-refractivity contribution in [1.82, 2.24) is 9.88 Å². The van der Waals surface area contributed by atoms with Gasteiger partial charge in [-0.2, -0.15) is 0 Å². The van der Waals surface area contributed by atoms with Gasteiger partial charge in [-0.1, -0.05) is 19.9 Å². The molecule has 106 valence electrons. The van der Waals surface area contributed by atoms with Crippen LogP contribution in [0.25, 0.3) is 0 Å². The maximum Gasteiger partial charge on any atom is 0.0416 e. The molecule has 1 aliphatic rings. The fourth-order valence-corrected chi connectivity index (χ4v) is 3.09. The average molecular weight is 261 g/mol. The molecule has 0 saturated heterocycles. The Bertz CT molecular complexity index is 382. The predicted octanol–water partition coefficient (Wildman–Crippen LogP) is 2.32. The highest BCUT2D eigenvalue weighted by molar-refractivity contribution is 5.06. The molecule has 1 saturated carbocycles. The quantitative estimate of drug-likeness (QED) is 0.854. The molecule has 2 N–H and O–H groups in total. The summed E-state index contributed by atoms with van der Waals surface area (Å²) in [6, 6.07) is 6.12. The molecule has 1 aromatic heterocycles. The Morgan fingerprint density at radius 3 is 2.68 bits per heavy atom. The van der Waals surface area contributed by atoms with Crippen LogP contribution in [0.5, 0.6) is 0 Å². The van der Waals surface area contributed by atoms with Crippen LogP contribution in [0.3, 0.4) is 0 Å². The van der Waals surface area contributed by atoms with E-state index in [2.05, 4.69) is 42.9 Å². The van der Waals surface area contributed by atoms with Crippen LogP contribution in [0.1, 0.15) is 32.4 Å². The maximum absolute atomic E-state index is 6.04. The molecule has 0 bridgehead atoms. The Labute approximate surface area is 117 Å². The third kappa shape index (κ3) is 3.15. The Morgan fingerprint density at radius 1 is 1.42 bits per heavy atom. The summed E-state index contributed by atoms with van der Waals surface area (Å²) < 4.78 is 0. The van der Waals surface area contributed by atoms with Gasteiger partial charge in [0.05, 0.1) is 0 Å². The summed E-state index contributed by atoms with van der Waals surface area (Å²) in [6.45, 7) is 6.45. The number of nitrogens with two attached hydrogens (primary N) is 1. The highest BCUT2D eigenvalue weighted by atomic mass is 15.2. The van der Waals surface area contributed by atoms with Crippen LogP contribution in [0, 0.1) is 11.8 Å². The molecule has 1 heterocycles. The van der Waals surface area contributed by atoms with E-state index in [1.165, 1.54) is 18.5 Å². The molecule has 1 aliphatic carbocycles. The van der Waals surface area contributed by atoms with E-state index in [0.717, 1.165) is 31.3 Å². The Hall–Kier alpha value is -0.930. The topological polar surface area (TPSA) is 42.1 Å². The van der Waals surface area contributed by atoms with Gasteiger partial charge in [0.25, 0.3) is 0 Å². The minimum Gasteiger partial charge on any atom is -0.329 e. The third-order valence-corrected chi connectivity index (χ3v) is 4.85. The first kappa shape index (κ1) is 14.5. The molecule has 0 radical (unpaired) electrons. The molecule has 0 aromatic carbocycles. The number of nitrogens with zero attached hydrogens (tertiary/aromatic N) is 2. The molecule has 3 heteroatoms. The van der Waals surface area contributed by atoms with Gasteiger partial charge in [-0.15, -0.1) is 0 Å². The first-order valence-electron chi connectivity index (χ1n) is 7.38. The van der Waals surface area contributed by atoms with E-state index in [1.807, 2.05) is 12.3 Å². The number of likely N-dealkylation sites (N-methyl/N-ethyl adjacent to an activating group) is 1. The zero-order valence-electron chi connectivity index (χ0n) is 12.5. The molecular formula is C16H27N3. The largest absolute Gasteiger partial charge is 0.329 e. The molecule has 0 amide bonds. The van der Waals surface area contributed by atoms with Crippen molar-refractivity contribution in [2.24, 2.45) is 17.6 Å². The second-order valence-corrected chi connectivity index (χ2v) is 6.33. The number of aromatic nitrogens is 1. The normalized spacial score (nSPS) is 26.7. The summed E-state index contributed by atoms with van der Waals surface area (Å²) in [7, 11) is 2.21. The van der Waals surface area contributed by atoms with Gasteiger partial charge in [-0.3, -0.25) is 9.88 Å². The highest BCUT2D eigenvalue weighted by Crippen LogP contribution is 2.44. The smallest absolute Gasteiger partial charge is 0.0416 e. The number of hydrogen-bond donors (Lipinski definition) is 1. The lowest BCUT2D eigenvalue weighted by atomic mass is 9.63. The Morgan fingerprint density at radius 2 is 2.16 bits per heavy atom. The molecule has 0 unspecified atom stereocenters. The molecule has 19 heavy (non-hydrogen) atoms. The lowest BCUT2D eigenvalue weighted by Crippen LogP contribution is -2.61. The molecule has 0 aliphatic heterocycles. The van der Waals surface area contributed by atoms with Crippen molar-refractivity contribution < 1.29 is 0 Å². The molecule has 2 rings (SSSR count). The first-order chi connectivity index (χ1) is 9.07. The zero-order valence-corrected chi connectivity index (χ0v) is 12.5. The molecule has 0 atom stereocenters. The van der Waals surface area contributed by atoms with Gasteiger partial charge in [0.15, 0.2) is 0 Å². The van der Waals surface area contributed by atoms with E-state index in [4.69, 9.17) is 5.73 Å². The first-order valence-corrected chi connectivity index (χ1v) is 7.38. The van der Waals surface area contributed by atoms with Crippen LogP contribution in [-0.2, 0) is 6.42 Å². The van der Waals surface area contributed by atoms with E-state index in [0.29, 0.717) is 0 Å². The van der Waals surface area contributed by atoms with Crippen molar-refractivity contribution in [2.75, 3.05) is 20.1 Å². The van der Waals surface area contributed by atoms with Gasteiger partial charge in [0.2, 0.25) is 0 Å². The van der Waals surface area contributed by atoms with Crippen molar-refractivity contribution in [3.05, 3.63) is 30.1 Å². The molecule has 0 spiro atoms. The third-order valence-electron chi connectivity index (χ3n) is 4.85. The van der Waals surface area contributed by atoms with Gasteiger partial charge in [-0.05, 0) is 43.9 Å². The van der Waals surface area contributed by atoms with Crippen molar-refractivity contribution in [1.29, 1.82) is 0 Å². The van der Waals surface area contributed by atoms with Crippen molar-refractivity contribution in [3.63, 3.8) is 0 Å². The van der Waals surface area contributed by atoms with Crippen LogP contribution >= 0.6 is 0 Å². The van der Waals surface area contributed by atoms with E-state index < -0.39 is 0 Å². The number of hydrogen-bond acceptors (Lipinski definition) is 3. The lowest BCUT2D eigenvalue weighted by molar-refractivity contribution is -0.0190. The molecule has 3 nitrogen and oxygen atoms in total. The SMILES string of the molecule is CC(C)C1CC(CN)(N(C)CCc2ccccn2)C1. The van der Waals surface area contributed by atoms with Crippen molar-refractivity contribution in [3.8, 4) is 0 Å². The summed E-state index contributed by atoms with van der Waals surface area (Å²) in [6.07, 6.45) is 5.37. The minimum absolute atomic E-state index is 0.240. The lowest BCUT2D eigenvalue weighted by Gasteiger charge is -2.54. The fourth-order valence-electron chi connectivity index (χ4n) is 3.09. The summed E-state index contributed by atoms with van der Waals surface area (Å²) in [5, 5.41) is 0. The summed E-state index contributed by atoms with van der Waals surface area (Å²) in [5.41, 5.74) is 7.45. The molecular weight excluding hydrogens is 234 g/mol. The van der Waals surface area contributed by atoms with Gasteiger partial charge in [-0.25, -0.2) is 0 Å².